The maximum atomic E-state index is 12.2. The number of nitrogens with zero attached hydrogens (tertiary/aromatic N) is 1. The van der Waals surface area contributed by atoms with E-state index in [1.54, 1.807) is 11.3 Å². The van der Waals surface area contributed by atoms with E-state index in [0.29, 0.717) is 16.8 Å². The average molecular weight is 400 g/mol. The highest BCUT2D eigenvalue weighted by Gasteiger charge is 2.12. The lowest BCUT2D eigenvalue weighted by Gasteiger charge is -2.02. The van der Waals surface area contributed by atoms with Crippen LogP contribution in [-0.2, 0) is 13.0 Å². The van der Waals surface area contributed by atoms with Gasteiger partial charge in [0.05, 0.1) is 5.39 Å². The summed E-state index contributed by atoms with van der Waals surface area (Å²) >= 11 is 1.57. The molecule has 0 amide bonds. The predicted molar refractivity (Wildman–Crippen MR) is 115 cm³/mol. The summed E-state index contributed by atoms with van der Waals surface area (Å²) in [5.74, 6) is 0. The smallest absolute Gasteiger partial charge is 0.398 e. The van der Waals surface area contributed by atoms with Crippen LogP contribution in [0.2, 0.25) is 0 Å². The summed E-state index contributed by atoms with van der Waals surface area (Å²) in [5, 5.41) is 0.562. The van der Waals surface area contributed by atoms with Gasteiger partial charge in [-0.3, -0.25) is 0 Å². The van der Waals surface area contributed by atoms with Gasteiger partial charge in [0.25, 0.3) is 0 Å². The van der Waals surface area contributed by atoms with Gasteiger partial charge >= 0.3 is 11.7 Å². The molecule has 0 aliphatic carbocycles. The summed E-state index contributed by atoms with van der Waals surface area (Å²) in [6, 6.07) is 11.7. The van der Waals surface area contributed by atoms with Crippen LogP contribution in [0.5, 0.6) is 6.08 Å². The third-order valence-corrected chi connectivity index (χ3v) is 5.93. The average Bonchev–Trinajstić information content (AvgIpc) is 3.13. The molecule has 1 aromatic carbocycles. The Labute approximate surface area is 170 Å². The molecular formula is C23H29NO3S. The normalized spacial score (nSPS) is 11.2. The van der Waals surface area contributed by atoms with Crippen LogP contribution in [0.25, 0.3) is 10.2 Å². The fraction of sp³-hybridized carbons (Fsp3) is 0.478. The van der Waals surface area contributed by atoms with Crippen LogP contribution < -0.4 is 10.4 Å². The van der Waals surface area contributed by atoms with Gasteiger partial charge in [-0.25, -0.2) is 4.79 Å². The molecule has 5 heteroatoms. The number of hydrogen-bond acceptors (Lipinski definition) is 5. The molecule has 0 bridgehead atoms. The maximum Gasteiger partial charge on any atom is 0.398 e. The molecule has 0 aliphatic heterocycles. The Morgan fingerprint density at radius 2 is 1.71 bits per heavy atom. The number of rotatable bonds is 12. The van der Waals surface area contributed by atoms with Crippen molar-refractivity contribution in [1.82, 2.24) is 4.98 Å². The molecule has 0 spiro atoms. The Morgan fingerprint density at radius 1 is 1.00 bits per heavy atom. The SMILES string of the molecule is CCCCCCCCCCc1cc2c(=O)oc(OCc3ccccc3)nc2s1. The third-order valence-electron chi connectivity index (χ3n) is 4.84. The van der Waals surface area contributed by atoms with Crippen molar-refractivity contribution in [2.24, 2.45) is 0 Å². The monoisotopic (exact) mass is 399 g/mol. The molecule has 0 N–H and O–H groups in total. The first-order valence-electron chi connectivity index (χ1n) is 10.4. The number of unbranched alkanes of at least 4 members (excludes halogenated alkanes) is 7. The molecule has 0 saturated heterocycles. The van der Waals surface area contributed by atoms with Gasteiger partial charge in [0.1, 0.15) is 11.4 Å². The molecule has 0 atom stereocenters. The van der Waals surface area contributed by atoms with Gasteiger partial charge in [-0.15, -0.1) is 11.3 Å². The molecule has 2 heterocycles. The van der Waals surface area contributed by atoms with E-state index in [1.165, 1.54) is 49.8 Å². The number of thiophene rings is 1. The maximum absolute atomic E-state index is 12.2. The molecule has 4 nitrogen and oxygen atoms in total. The van der Waals surface area contributed by atoms with Gasteiger partial charge in [0.2, 0.25) is 0 Å². The van der Waals surface area contributed by atoms with Crippen molar-refractivity contribution >= 4 is 21.6 Å². The van der Waals surface area contributed by atoms with Gasteiger partial charge in [0.15, 0.2) is 0 Å². The van der Waals surface area contributed by atoms with Gasteiger partial charge in [-0.2, -0.15) is 4.98 Å². The zero-order chi connectivity index (χ0) is 19.6. The largest absolute Gasteiger partial charge is 0.445 e. The van der Waals surface area contributed by atoms with Crippen molar-refractivity contribution in [3.63, 3.8) is 0 Å². The van der Waals surface area contributed by atoms with Crippen molar-refractivity contribution in [3.8, 4) is 6.08 Å². The first-order valence-corrected chi connectivity index (χ1v) is 11.2. The highest BCUT2D eigenvalue weighted by atomic mass is 32.1. The van der Waals surface area contributed by atoms with Crippen molar-refractivity contribution in [3.05, 3.63) is 57.3 Å². The second-order valence-corrected chi connectivity index (χ2v) is 8.31. The van der Waals surface area contributed by atoms with E-state index >= 15 is 0 Å². The molecular weight excluding hydrogens is 370 g/mol. The summed E-state index contributed by atoms with van der Waals surface area (Å²) in [6.07, 6.45) is 11.4. The minimum atomic E-state index is -0.369. The molecule has 0 saturated carbocycles. The lowest BCUT2D eigenvalue weighted by molar-refractivity contribution is 0.207. The first-order chi connectivity index (χ1) is 13.8. The number of fused-ring (bicyclic) bond motifs is 1. The Kier molecular flexibility index (Phi) is 8.09. The van der Waals surface area contributed by atoms with Crippen LogP contribution in [0.1, 0.15) is 68.7 Å². The van der Waals surface area contributed by atoms with Crippen LogP contribution in [-0.4, -0.2) is 4.98 Å². The quantitative estimate of drug-likeness (QED) is 0.326. The second-order valence-electron chi connectivity index (χ2n) is 7.20. The third kappa shape index (κ3) is 6.20. The van der Waals surface area contributed by atoms with Crippen molar-refractivity contribution < 1.29 is 9.15 Å². The van der Waals surface area contributed by atoms with Crippen molar-refractivity contribution in [2.75, 3.05) is 0 Å². The van der Waals surface area contributed by atoms with Crippen LogP contribution >= 0.6 is 11.3 Å². The molecule has 0 aliphatic rings. The lowest BCUT2D eigenvalue weighted by atomic mass is 10.1. The van der Waals surface area contributed by atoms with E-state index in [4.69, 9.17) is 9.15 Å². The Balaban J connectivity index is 1.50. The van der Waals surface area contributed by atoms with Crippen LogP contribution in [0, 0.1) is 0 Å². The molecule has 2 aromatic heterocycles. The minimum absolute atomic E-state index is 0.0434. The van der Waals surface area contributed by atoms with E-state index in [2.05, 4.69) is 11.9 Å². The summed E-state index contributed by atoms with van der Waals surface area (Å²) in [5.41, 5.74) is 0.639. The van der Waals surface area contributed by atoms with Gasteiger partial charge in [-0.1, -0.05) is 82.2 Å². The fourth-order valence-corrected chi connectivity index (χ4v) is 4.28. The van der Waals surface area contributed by atoms with E-state index in [9.17, 15) is 4.79 Å². The number of ether oxygens (including phenoxy) is 1. The molecule has 0 radical (unpaired) electrons. The zero-order valence-electron chi connectivity index (χ0n) is 16.6. The summed E-state index contributed by atoms with van der Waals surface area (Å²) in [7, 11) is 0. The van der Waals surface area contributed by atoms with Gasteiger partial charge in [-0.05, 0) is 24.5 Å². The number of aromatic nitrogens is 1. The summed E-state index contributed by atoms with van der Waals surface area (Å²) in [6.45, 7) is 2.58. The predicted octanol–water partition coefficient (Wildman–Crippen LogP) is 6.51. The van der Waals surface area contributed by atoms with Crippen molar-refractivity contribution in [2.45, 2.75) is 71.3 Å². The van der Waals surface area contributed by atoms with Crippen molar-refractivity contribution in [1.29, 1.82) is 0 Å². The topological polar surface area (TPSA) is 52.3 Å². The molecule has 3 rings (SSSR count). The number of benzene rings is 1. The van der Waals surface area contributed by atoms with E-state index in [1.807, 2.05) is 36.4 Å². The molecule has 150 valence electrons. The Morgan fingerprint density at radius 3 is 2.46 bits per heavy atom. The molecule has 0 unspecified atom stereocenters. The number of aryl methyl sites for hydroxylation is 1. The minimum Gasteiger partial charge on any atom is -0.445 e. The Bertz CT molecular complexity index is 901. The molecule has 28 heavy (non-hydrogen) atoms. The second kappa shape index (κ2) is 11.0. The summed E-state index contributed by atoms with van der Waals surface area (Å²) in [4.78, 5) is 18.5. The number of hydrogen-bond donors (Lipinski definition) is 0. The molecule has 3 aromatic rings. The molecule has 0 fully saturated rings. The highest BCUT2D eigenvalue weighted by molar-refractivity contribution is 7.18. The van der Waals surface area contributed by atoms with Crippen LogP contribution in [0.3, 0.4) is 0 Å². The van der Waals surface area contributed by atoms with Crippen LogP contribution in [0.4, 0.5) is 0 Å². The zero-order valence-corrected chi connectivity index (χ0v) is 17.4. The highest BCUT2D eigenvalue weighted by Crippen LogP contribution is 2.25. The standard InChI is InChI=1S/C23H29NO3S/c1-2-3-4-5-6-7-8-12-15-19-16-20-21(28-19)24-23(27-22(20)25)26-17-18-13-10-9-11-14-18/h9-11,13-14,16H,2-8,12,15,17H2,1H3. The Hall–Kier alpha value is -2.14. The van der Waals surface area contributed by atoms with Gasteiger partial charge in [0, 0.05) is 4.88 Å². The van der Waals surface area contributed by atoms with E-state index in [0.717, 1.165) is 18.4 Å². The lowest BCUT2D eigenvalue weighted by Crippen LogP contribution is -2.03. The van der Waals surface area contributed by atoms with Crippen LogP contribution in [0.15, 0.2) is 45.6 Å². The van der Waals surface area contributed by atoms with Gasteiger partial charge < -0.3 is 9.15 Å². The van der Waals surface area contributed by atoms with E-state index < -0.39 is 0 Å². The summed E-state index contributed by atoms with van der Waals surface area (Å²) < 4.78 is 10.8. The fourth-order valence-electron chi connectivity index (χ4n) is 3.24. The van der Waals surface area contributed by atoms with E-state index in [-0.39, 0.29) is 11.7 Å². The first kappa shape index (κ1) is 20.6.